The van der Waals surface area contributed by atoms with Crippen LogP contribution in [0.5, 0.6) is 5.75 Å². The second-order valence-corrected chi connectivity index (χ2v) is 10.9. The number of primary sulfonamides is 1. The number of nitrogens with zero attached hydrogens (tertiary/aromatic N) is 1. The Balaban J connectivity index is 1.75. The van der Waals surface area contributed by atoms with Crippen molar-refractivity contribution in [3.8, 4) is 5.75 Å². The molecule has 2 aromatic carbocycles. The average molecular weight is 468 g/mol. The predicted molar refractivity (Wildman–Crippen MR) is 116 cm³/mol. The molecule has 11 heteroatoms. The molecular weight excluding hydrogens is 442 g/mol. The van der Waals surface area contributed by atoms with Gasteiger partial charge in [0, 0.05) is 18.8 Å². The summed E-state index contributed by atoms with van der Waals surface area (Å²) < 4.78 is 55.7. The first-order valence-corrected chi connectivity index (χ1v) is 12.6. The summed E-state index contributed by atoms with van der Waals surface area (Å²) in [5, 5.41) is 7.79. The first kappa shape index (κ1) is 23.2. The van der Waals surface area contributed by atoms with Crippen molar-refractivity contribution in [3.05, 3.63) is 48.0 Å². The van der Waals surface area contributed by atoms with Gasteiger partial charge in [-0.25, -0.2) is 22.0 Å². The Bertz CT molecular complexity index is 1180. The molecule has 0 saturated carbocycles. The van der Waals surface area contributed by atoms with E-state index >= 15 is 0 Å². The molecule has 0 aliphatic carbocycles. The fraction of sp³-hybridized carbons (Fsp3) is 0.350. The van der Waals surface area contributed by atoms with Crippen molar-refractivity contribution in [2.75, 3.05) is 25.5 Å². The molecular formula is C20H25N3O6S2. The summed E-state index contributed by atoms with van der Waals surface area (Å²) in [6, 6.07) is 10.4. The van der Waals surface area contributed by atoms with Gasteiger partial charge in [-0.15, -0.1) is 0 Å². The largest absolute Gasteiger partial charge is 0.495 e. The Hall–Kier alpha value is -2.47. The molecule has 3 rings (SSSR count). The molecule has 31 heavy (non-hydrogen) atoms. The highest BCUT2D eigenvalue weighted by Crippen LogP contribution is 2.31. The van der Waals surface area contributed by atoms with Gasteiger partial charge in [0.15, 0.2) is 0 Å². The normalized spacial score (nSPS) is 17.8. The number of hydrogen-bond acceptors (Lipinski definition) is 6. The lowest BCUT2D eigenvalue weighted by Gasteiger charge is -2.31. The van der Waals surface area contributed by atoms with Crippen molar-refractivity contribution in [2.24, 2.45) is 11.1 Å². The van der Waals surface area contributed by atoms with E-state index in [-0.39, 0.29) is 28.0 Å². The number of piperidine rings is 1. The van der Waals surface area contributed by atoms with Gasteiger partial charge in [-0.3, -0.25) is 4.79 Å². The first-order chi connectivity index (χ1) is 14.5. The number of nitrogens with two attached hydrogens (primary N) is 1. The third-order valence-corrected chi connectivity index (χ3v) is 7.96. The molecule has 1 amide bonds. The molecule has 1 atom stereocenters. The van der Waals surface area contributed by atoms with E-state index in [1.165, 1.54) is 35.7 Å². The number of amides is 1. The molecule has 1 saturated heterocycles. The van der Waals surface area contributed by atoms with Gasteiger partial charge in [-0.05, 0) is 61.7 Å². The van der Waals surface area contributed by atoms with Gasteiger partial charge in [-0.1, -0.05) is 6.07 Å². The van der Waals surface area contributed by atoms with Crippen molar-refractivity contribution in [2.45, 2.75) is 29.6 Å². The highest BCUT2D eigenvalue weighted by atomic mass is 32.2. The molecule has 1 fully saturated rings. The van der Waals surface area contributed by atoms with Crippen LogP contribution in [-0.4, -0.2) is 47.2 Å². The van der Waals surface area contributed by atoms with Crippen molar-refractivity contribution >= 4 is 31.6 Å². The number of methoxy groups -OCH3 is 1. The minimum atomic E-state index is -3.84. The van der Waals surface area contributed by atoms with Gasteiger partial charge >= 0.3 is 0 Å². The summed E-state index contributed by atoms with van der Waals surface area (Å²) in [4.78, 5) is 12.8. The standard InChI is InChI=1S/C20H25N3O6S2/c1-14-5-10-18(29-2)19(12-14)31(27,28)23-11-3-4-15(13-23)20(24)22-16-6-8-17(9-7-16)30(21,25)26/h5-10,12,15H,3-4,11,13H2,1-2H3,(H,22,24)(H2,21,25,26)/t15-/m0/s1. The molecule has 3 N–H and O–H groups in total. The Kier molecular flexibility index (Phi) is 6.70. The number of ether oxygens (including phenoxy) is 1. The molecule has 0 radical (unpaired) electrons. The third-order valence-electron chi connectivity index (χ3n) is 5.14. The van der Waals surface area contributed by atoms with Gasteiger partial charge in [0.25, 0.3) is 0 Å². The van der Waals surface area contributed by atoms with Crippen LogP contribution >= 0.6 is 0 Å². The van der Waals surface area contributed by atoms with Crippen molar-refractivity contribution in [3.63, 3.8) is 0 Å². The number of nitrogens with one attached hydrogen (secondary N) is 1. The van der Waals surface area contributed by atoms with Crippen LogP contribution in [0, 0.1) is 12.8 Å². The van der Waals surface area contributed by atoms with Crippen LogP contribution in [0.15, 0.2) is 52.3 Å². The summed E-state index contributed by atoms with van der Waals surface area (Å²) >= 11 is 0. The number of benzene rings is 2. The first-order valence-electron chi connectivity index (χ1n) is 9.61. The van der Waals surface area contributed by atoms with Gasteiger partial charge in [-0.2, -0.15) is 4.31 Å². The van der Waals surface area contributed by atoms with Crippen molar-refractivity contribution in [1.29, 1.82) is 0 Å². The number of hydrogen-bond donors (Lipinski definition) is 2. The summed E-state index contributed by atoms with van der Waals surface area (Å²) in [7, 11) is -6.25. The molecule has 2 aromatic rings. The van der Waals surface area contributed by atoms with E-state index in [1.807, 2.05) is 0 Å². The zero-order valence-corrected chi connectivity index (χ0v) is 18.9. The van der Waals surface area contributed by atoms with E-state index in [4.69, 9.17) is 9.88 Å². The maximum atomic E-state index is 13.2. The van der Waals surface area contributed by atoms with Crippen LogP contribution in [0.4, 0.5) is 5.69 Å². The molecule has 1 heterocycles. The SMILES string of the molecule is COc1ccc(C)cc1S(=O)(=O)N1CCC[C@H](C(=O)Nc2ccc(S(N)(=O)=O)cc2)C1. The Morgan fingerprint density at radius 1 is 1.13 bits per heavy atom. The van der Waals surface area contributed by atoms with E-state index in [0.717, 1.165) is 5.56 Å². The highest BCUT2D eigenvalue weighted by Gasteiger charge is 2.35. The lowest BCUT2D eigenvalue weighted by molar-refractivity contribution is -0.120. The fourth-order valence-corrected chi connectivity index (χ4v) is 5.75. The zero-order chi connectivity index (χ0) is 22.8. The lowest BCUT2D eigenvalue weighted by Crippen LogP contribution is -2.43. The smallest absolute Gasteiger partial charge is 0.246 e. The highest BCUT2D eigenvalue weighted by molar-refractivity contribution is 7.89. The molecule has 1 aliphatic heterocycles. The maximum Gasteiger partial charge on any atom is 0.246 e. The van der Waals surface area contributed by atoms with Gasteiger partial charge in [0.1, 0.15) is 10.6 Å². The Labute approximate surface area is 182 Å². The van der Waals surface area contributed by atoms with Crippen LogP contribution in [0.2, 0.25) is 0 Å². The third kappa shape index (κ3) is 5.24. The zero-order valence-electron chi connectivity index (χ0n) is 17.2. The van der Waals surface area contributed by atoms with Crippen LogP contribution in [0.25, 0.3) is 0 Å². The van der Waals surface area contributed by atoms with Gasteiger partial charge in [0.05, 0.1) is 17.9 Å². The number of aryl methyl sites for hydroxylation is 1. The second-order valence-electron chi connectivity index (χ2n) is 7.42. The minimum Gasteiger partial charge on any atom is -0.495 e. The van der Waals surface area contributed by atoms with E-state index in [9.17, 15) is 21.6 Å². The van der Waals surface area contributed by atoms with Gasteiger partial charge < -0.3 is 10.1 Å². The van der Waals surface area contributed by atoms with Crippen molar-refractivity contribution in [1.82, 2.24) is 4.31 Å². The van der Waals surface area contributed by atoms with Crippen LogP contribution in [0.3, 0.4) is 0 Å². The number of carbonyl (C=O) groups excluding carboxylic acids is 1. The van der Waals surface area contributed by atoms with E-state index < -0.39 is 26.0 Å². The summed E-state index contributed by atoms with van der Waals surface area (Å²) in [6.45, 7) is 2.15. The van der Waals surface area contributed by atoms with Crippen molar-refractivity contribution < 1.29 is 26.4 Å². The molecule has 0 unspecified atom stereocenters. The van der Waals surface area contributed by atoms with Crippen LogP contribution in [0.1, 0.15) is 18.4 Å². The number of sulfonamides is 2. The Morgan fingerprint density at radius 3 is 2.42 bits per heavy atom. The molecule has 1 aliphatic rings. The fourth-order valence-electron chi connectivity index (χ4n) is 3.47. The summed E-state index contributed by atoms with van der Waals surface area (Å²) in [6.07, 6.45) is 1.08. The molecule has 9 nitrogen and oxygen atoms in total. The van der Waals surface area contributed by atoms with Gasteiger partial charge in [0.2, 0.25) is 26.0 Å². The Morgan fingerprint density at radius 2 is 1.81 bits per heavy atom. The lowest BCUT2D eigenvalue weighted by atomic mass is 9.99. The van der Waals surface area contributed by atoms with E-state index in [1.54, 1.807) is 25.1 Å². The van der Waals surface area contributed by atoms with E-state index in [0.29, 0.717) is 25.1 Å². The average Bonchev–Trinajstić information content (AvgIpc) is 2.73. The number of carbonyl (C=O) groups is 1. The molecule has 0 spiro atoms. The predicted octanol–water partition coefficient (Wildman–Crippen LogP) is 1.69. The minimum absolute atomic E-state index is 0.0422. The maximum absolute atomic E-state index is 13.2. The summed E-state index contributed by atoms with van der Waals surface area (Å²) in [5.41, 5.74) is 1.19. The molecule has 0 bridgehead atoms. The van der Waals surface area contributed by atoms with Crippen LogP contribution in [-0.2, 0) is 24.8 Å². The van der Waals surface area contributed by atoms with Crippen LogP contribution < -0.4 is 15.2 Å². The second kappa shape index (κ2) is 8.95. The molecule has 168 valence electrons. The number of rotatable bonds is 6. The topological polar surface area (TPSA) is 136 Å². The quantitative estimate of drug-likeness (QED) is 0.664. The van der Waals surface area contributed by atoms with E-state index in [2.05, 4.69) is 5.32 Å². The monoisotopic (exact) mass is 467 g/mol. The molecule has 0 aromatic heterocycles. The summed E-state index contributed by atoms with van der Waals surface area (Å²) in [5.74, 6) is -0.621. The number of anilines is 1.